The zero-order chi connectivity index (χ0) is 32.8. The minimum Gasteiger partial charge on any atom is -0.460 e. The highest BCUT2D eigenvalue weighted by Crippen LogP contribution is 2.23. The Morgan fingerprint density at radius 3 is 2.12 bits per heavy atom. The topological polar surface area (TPSA) is 154 Å². The fraction of sp³-hybridized carbons (Fsp3) is 0.806. The third-order valence-corrected chi connectivity index (χ3v) is 6.29. The standard InChI is InChI=1S/C31H56N6O6/c1-11-20-37-21-22(35-36-37)15-17-25(38)32-19-13-12-14-24(29(2,3)4)34-28(41)33-23(27(40)43-31(8,9)10)16-18-26(39)42-30(5,6)7/h21,23-24H,11-20H2,1-10H3,(H,32,38)(H2,33,34,41)/t23-,24-/m0/s1. The van der Waals surface area contributed by atoms with E-state index in [0.717, 1.165) is 31.5 Å². The van der Waals surface area contributed by atoms with Gasteiger partial charge in [0.25, 0.3) is 0 Å². The lowest BCUT2D eigenvalue weighted by atomic mass is 9.84. The van der Waals surface area contributed by atoms with Crippen molar-refractivity contribution in [3.05, 3.63) is 11.9 Å². The zero-order valence-electron chi connectivity index (χ0n) is 28.1. The van der Waals surface area contributed by atoms with Gasteiger partial charge in [-0.25, -0.2) is 9.59 Å². The third kappa shape index (κ3) is 17.5. The van der Waals surface area contributed by atoms with Gasteiger partial charge in [0.1, 0.15) is 17.2 Å². The molecule has 0 aliphatic rings. The van der Waals surface area contributed by atoms with Crippen LogP contribution in [0.4, 0.5) is 4.79 Å². The average molecular weight is 609 g/mol. The predicted octanol–water partition coefficient (Wildman–Crippen LogP) is 4.45. The molecule has 0 aliphatic heterocycles. The Balaban J connectivity index is 2.60. The SMILES string of the molecule is CCCn1cc(CCC(=O)NCCCC[C@H](NC(=O)N[C@@H](CCC(=O)OC(C)(C)C)C(=O)OC(C)(C)C)C(C)(C)C)nn1. The predicted molar refractivity (Wildman–Crippen MR) is 165 cm³/mol. The van der Waals surface area contributed by atoms with Crippen molar-refractivity contribution >= 4 is 23.9 Å². The first-order valence-electron chi connectivity index (χ1n) is 15.5. The van der Waals surface area contributed by atoms with Gasteiger partial charge in [-0.05, 0) is 79.1 Å². The number of aryl methyl sites for hydroxylation is 2. The van der Waals surface area contributed by atoms with Crippen LogP contribution in [-0.2, 0) is 36.8 Å². The number of hydrogen-bond acceptors (Lipinski definition) is 8. The molecule has 43 heavy (non-hydrogen) atoms. The summed E-state index contributed by atoms with van der Waals surface area (Å²) < 4.78 is 12.6. The van der Waals surface area contributed by atoms with Crippen LogP contribution in [0.2, 0.25) is 0 Å². The van der Waals surface area contributed by atoms with Crippen LogP contribution in [0, 0.1) is 5.41 Å². The Labute approximate surface area is 257 Å². The number of hydrogen-bond donors (Lipinski definition) is 3. The first-order chi connectivity index (χ1) is 19.8. The number of nitrogens with zero attached hydrogens (tertiary/aromatic N) is 3. The lowest BCUT2D eigenvalue weighted by Crippen LogP contribution is -2.53. The van der Waals surface area contributed by atoms with Crippen LogP contribution < -0.4 is 16.0 Å². The van der Waals surface area contributed by atoms with Crippen molar-refractivity contribution in [1.82, 2.24) is 30.9 Å². The quantitative estimate of drug-likeness (QED) is 0.184. The minimum absolute atomic E-state index is 0.0329. The van der Waals surface area contributed by atoms with E-state index >= 15 is 0 Å². The number of aromatic nitrogens is 3. The van der Waals surface area contributed by atoms with E-state index in [9.17, 15) is 19.2 Å². The van der Waals surface area contributed by atoms with Crippen molar-refractivity contribution in [2.75, 3.05) is 6.54 Å². The monoisotopic (exact) mass is 608 g/mol. The fourth-order valence-electron chi connectivity index (χ4n) is 4.18. The van der Waals surface area contributed by atoms with Crippen molar-refractivity contribution in [3.8, 4) is 0 Å². The molecule has 0 saturated carbocycles. The molecule has 12 nitrogen and oxygen atoms in total. The molecule has 0 saturated heterocycles. The zero-order valence-corrected chi connectivity index (χ0v) is 28.1. The Morgan fingerprint density at radius 1 is 0.884 bits per heavy atom. The van der Waals surface area contributed by atoms with Gasteiger partial charge < -0.3 is 25.4 Å². The number of nitrogens with one attached hydrogen (secondary N) is 3. The normalized spacial score (nSPS) is 13.5. The molecule has 0 aliphatic carbocycles. The molecular formula is C31H56N6O6. The van der Waals surface area contributed by atoms with Crippen molar-refractivity contribution in [2.45, 2.75) is 150 Å². The van der Waals surface area contributed by atoms with E-state index in [4.69, 9.17) is 9.47 Å². The summed E-state index contributed by atoms with van der Waals surface area (Å²) in [5.41, 5.74) is -0.854. The number of unbranched alkanes of at least 4 members (excludes halogenated alkanes) is 1. The lowest BCUT2D eigenvalue weighted by molar-refractivity contribution is -0.158. The summed E-state index contributed by atoms with van der Waals surface area (Å²) in [5, 5.41) is 16.8. The van der Waals surface area contributed by atoms with Crippen LogP contribution in [0.25, 0.3) is 0 Å². The van der Waals surface area contributed by atoms with Crippen LogP contribution in [0.15, 0.2) is 6.20 Å². The van der Waals surface area contributed by atoms with E-state index in [2.05, 4.69) is 33.2 Å². The summed E-state index contributed by atoms with van der Waals surface area (Å²) in [6.45, 7) is 20.1. The Hall–Kier alpha value is -3.18. The van der Waals surface area contributed by atoms with E-state index < -0.39 is 35.2 Å². The molecule has 0 fully saturated rings. The molecule has 0 unspecified atom stereocenters. The maximum atomic E-state index is 13.0. The number of carbonyl (C=O) groups is 4. The molecule has 1 aromatic heterocycles. The number of urea groups is 1. The molecule has 1 heterocycles. The van der Waals surface area contributed by atoms with Crippen LogP contribution in [0.3, 0.4) is 0 Å². The second kappa shape index (κ2) is 17.2. The van der Waals surface area contributed by atoms with Gasteiger partial charge in [0.05, 0.1) is 5.69 Å². The molecule has 1 aromatic rings. The molecule has 246 valence electrons. The molecule has 3 amide bonds. The second-order valence-electron chi connectivity index (χ2n) is 14.1. The van der Waals surface area contributed by atoms with Crippen molar-refractivity contribution in [2.24, 2.45) is 5.41 Å². The molecule has 2 atom stereocenters. The van der Waals surface area contributed by atoms with Gasteiger partial charge in [-0.15, -0.1) is 5.10 Å². The second-order valence-corrected chi connectivity index (χ2v) is 14.1. The highest BCUT2D eigenvalue weighted by molar-refractivity contribution is 5.84. The maximum absolute atomic E-state index is 13.0. The maximum Gasteiger partial charge on any atom is 0.329 e. The van der Waals surface area contributed by atoms with Crippen LogP contribution >= 0.6 is 0 Å². The highest BCUT2D eigenvalue weighted by atomic mass is 16.6. The number of rotatable bonds is 16. The Morgan fingerprint density at radius 2 is 1.53 bits per heavy atom. The number of ether oxygens (including phenoxy) is 2. The van der Waals surface area contributed by atoms with Gasteiger partial charge >= 0.3 is 18.0 Å². The summed E-state index contributed by atoms with van der Waals surface area (Å²) >= 11 is 0. The van der Waals surface area contributed by atoms with E-state index in [1.165, 1.54) is 0 Å². The van der Waals surface area contributed by atoms with Gasteiger partial charge in [0.2, 0.25) is 5.91 Å². The van der Waals surface area contributed by atoms with E-state index in [1.807, 2.05) is 27.0 Å². The highest BCUT2D eigenvalue weighted by Gasteiger charge is 2.31. The first kappa shape index (κ1) is 37.8. The summed E-state index contributed by atoms with van der Waals surface area (Å²) in [7, 11) is 0. The fourth-order valence-corrected chi connectivity index (χ4v) is 4.18. The van der Waals surface area contributed by atoms with Gasteiger partial charge in [0.15, 0.2) is 0 Å². The lowest BCUT2D eigenvalue weighted by Gasteiger charge is -2.32. The summed E-state index contributed by atoms with van der Waals surface area (Å²) in [6.07, 6.45) is 5.97. The van der Waals surface area contributed by atoms with Crippen LogP contribution in [0.1, 0.15) is 120 Å². The number of amides is 3. The molecule has 0 aromatic carbocycles. The summed E-state index contributed by atoms with van der Waals surface area (Å²) in [4.78, 5) is 50.4. The van der Waals surface area contributed by atoms with E-state index in [1.54, 1.807) is 46.2 Å². The molecule has 3 N–H and O–H groups in total. The van der Waals surface area contributed by atoms with E-state index in [0.29, 0.717) is 25.8 Å². The summed E-state index contributed by atoms with van der Waals surface area (Å²) in [5.74, 6) is -1.10. The summed E-state index contributed by atoms with van der Waals surface area (Å²) in [6, 6.07) is -1.72. The number of carbonyl (C=O) groups excluding carboxylic acids is 4. The molecule has 12 heteroatoms. The van der Waals surface area contributed by atoms with Gasteiger partial charge in [-0.1, -0.05) is 32.9 Å². The van der Waals surface area contributed by atoms with Crippen molar-refractivity contribution < 1.29 is 28.7 Å². The van der Waals surface area contributed by atoms with E-state index in [-0.39, 0.29) is 30.2 Å². The van der Waals surface area contributed by atoms with Gasteiger partial charge in [0, 0.05) is 44.6 Å². The van der Waals surface area contributed by atoms with Crippen LogP contribution in [-0.4, -0.2) is 68.7 Å². The Kier molecular flexibility index (Phi) is 15.1. The smallest absolute Gasteiger partial charge is 0.329 e. The molecular weight excluding hydrogens is 552 g/mol. The molecule has 0 spiro atoms. The number of esters is 2. The van der Waals surface area contributed by atoms with Crippen molar-refractivity contribution in [1.29, 1.82) is 0 Å². The van der Waals surface area contributed by atoms with Gasteiger partial charge in [-0.3, -0.25) is 14.3 Å². The van der Waals surface area contributed by atoms with Crippen molar-refractivity contribution in [3.63, 3.8) is 0 Å². The third-order valence-electron chi connectivity index (χ3n) is 6.29. The molecule has 1 rings (SSSR count). The van der Waals surface area contributed by atoms with Crippen LogP contribution in [0.5, 0.6) is 0 Å². The first-order valence-corrected chi connectivity index (χ1v) is 15.5. The largest absolute Gasteiger partial charge is 0.460 e. The molecule has 0 radical (unpaired) electrons. The minimum atomic E-state index is -1.02. The Bertz CT molecular complexity index is 1030. The molecule has 0 bridgehead atoms. The van der Waals surface area contributed by atoms with Gasteiger partial charge in [-0.2, -0.15) is 0 Å². The average Bonchev–Trinajstić information content (AvgIpc) is 3.29.